The predicted octanol–water partition coefficient (Wildman–Crippen LogP) is 2.26. The molecule has 0 bridgehead atoms. The Labute approximate surface area is 168 Å². The third-order valence-electron chi connectivity index (χ3n) is 5.65. The molecule has 1 atom stereocenters. The van der Waals surface area contributed by atoms with Crippen molar-refractivity contribution in [3.05, 3.63) is 36.0 Å². The summed E-state index contributed by atoms with van der Waals surface area (Å²) in [5, 5.41) is 17.6. The number of anilines is 4. The first-order valence-corrected chi connectivity index (χ1v) is 9.93. The maximum atomic E-state index is 12.2. The van der Waals surface area contributed by atoms with E-state index in [-0.39, 0.29) is 5.91 Å². The fourth-order valence-corrected chi connectivity index (χ4v) is 3.93. The first-order chi connectivity index (χ1) is 14.0. The first kappa shape index (κ1) is 17.9. The third-order valence-corrected chi connectivity index (χ3v) is 5.65. The lowest BCUT2D eigenvalue weighted by atomic mass is 9.86. The minimum Gasteiger partial charge on any atom is -0.350 e. The highest BCUT2D eigenvalue weighted by molar-refractivity contribution is 6.06. The van der Waals surface area contributed by atoms with Crippen LogP contribution < -0.4 is 21.3 Å². The Kier molecular flexibility index (Phi) is 4.13. The predicted molar refractivity (Wildman–Crippen MR) is 112 cm³/mol. The van der Waals surface area contributed by atoms with Gasteiger partial charge >= 0.3 is 0 Å². The molecule has 1 aromatic carbocycles. The lowest BCUT2D eigenvalue weighted by Crippen LogP contribution is -2.39. The van der Waals surface area contributed by atoms with Gasteiger partial charge in [-0.1, -0.05) is 6.07 Å². The zero-order valence-corrected chi connectivity index (χ0v) is 16.5. The molecule has 1 unspecified atom stereocenters. The normalized spacial score (nSPS) is 20.3. The van der Waals surface area contributed by atoms with Crippen LogP contribution in [-0.2, 0) is 10.2 Å². The number of benzene rings is 1. The average Bonchev–Trinajstić information content (AvgIpc) is 3.21. The Morgan fingerprint density at radius 3 is 3.00 bits per heavy atom. The Balaban J connectivity index is 1.40. The quantitative estimate of drug-likeness (QED) is 0.539. The molecule has 1 fully saturated rings. The van der Waals surface area contributed by atoms with Gasteiger partial charge in [0.05, 0.1) is 5.41 Å². The zero-order chi connectivity index (χ0) is 20.0. The third kappa shape index (κ3) is 3.17. The van der Waals surface area contributed by atoms with Gasteiger partial charge in [-0.3, -0.25) is 4.79 Å². The van der Waals surface area contributed by atoms with E-state index in [2.05, 4.69) is 36.3 Å². The van der Waals surface area contributed by atoms with Crippen molar-refractivity contribution in [1.29, 1.82) is 0 Å². The van der Waals surface area contributed by atoms with Gasteiger partial charge in [-0.15, -0.1) is 5.10 Å². The molecule has 1 saturated heterocycles. The SMILES string of the molecule is CC1(C)C(=O)Nc2cc(Nc3nc4ccnc(NC5CCCNC5)n4n3)ccc21. The number of carbonyl (C=O) groups excluding carboxylic acids is 1. The number of carbonyl (C=O) groups is 1. The van der Waals surface area contributed by atoms with Crippen LogP contribution in [0.5, 0.6) is 0 Å². The largest absolute Gasteiger partial charge is 0.350 e. The van der Waals surface area contributed by atoms with Crippen LogP contribution >= 0.6 is 0 Å². The Hall–Kier alpha value is -3.20. The number of rotatable bonds is 4. The summed E-state index contributed by atoms with van der Waals surface area (Å²) in [5.74, 6) is 1.17. The maximum absolute atomic E-state index is 12.2. The summed E-state index contributed by atoms with van der Waals surface area (Å²) in [6, 6.07) is 7.98. The Bertz CT molecular complexity index is 1080. The topological polar surface area (TPSA) is 108 Å². The average molecular weight is 392 g/mol. The Morgan fingerprint density at radius 1 is 1.28 bits per heavy atom. The second kappa shape index (κ2) is 6.70. The molecule has 1 amide bonds. The molecular formula is C20H24N8O. The van der Waals surface area contributed by atoms with E-state index in [0.29, 0.717) is 23.6 Å². The summed E-state index contributed by atoms with van der Waals surface area (Å²) < 4.78 is 1.72. The molecule has 2 aliphatic heterocycles. The standard InChI is InChI=1S/C20H24N8O/c1-20(2)14-6-5-12(10-15(14)25-17(20)29)23-18-26-16-7-9-22-19(28(16)27-18)24-13-4-3-8-21-11-13/h5-7,9-10,13,21H,3-4,8,11H2,1-2H3,(H,22,24)(H,23,27)(H,25,29). The number of piperidine rings is 1. The lowest BCUT2D eigenvalue weighted by molar-refractivity contribution is -0.119. The molecule has 0 radical (unpaired) electrons. The molecule has 0 aliphatic carbocycles. The van der Waals surface area contributed by atoms with E-state index < -0.39 is 5.41 Å². The number of aromatic nitrogens is 4. The molecule has 4 N–H and O–H groups in total. The van der Waals surface area contributed by atoms with Crippen LogP contribution in [0.1, 0.15) is 32.3 Å². The summed E-state index contributed by atoms with van der Waals surface area (Å²) in [6.07, 6.45) is 3.98. The van der Waals surface area contributed by atoms with Gasteiger partial charge in [0.2, 0.25) is 17.8 Å². The number of fused-ring (bicyclic) bond motifs is 2. The molecule has 0 spiro atoms. The van der Waals surface area contributed by atoms with Crippen LogP contribution in [0.2, 0.25) is 0 Å². The first-order valence-electron chi connectivity index (χ1n) is 9.93. The van der Waals surface area contributed by atoms with Gasteiger partial charge in [-0.25, -0.2) is 4.98 Å². The molecule has 3 aromatic rings. The van der Waals surface area contributed by atoms with Crippen molar-refractivity contribution in [1.82, 2.24) is 24.9 Å². The van der Waals surface area contributed by atoms with E-state index in [4.69, 9.17) is 0 Å². The summed E-state index contributed by atoms with van der Waals surface area (Å²) >= 11 is 0. The van der Waals surface area contributed by atoms with Crippen LogP contribution in [0, 0.1) is 0 Å². The van der Waals surface area contributed by atoms with Crippen LogP contribution in [0.15, 0.2) is 30.5 Å². The van der Waals surface area contributed by atoms with E-state index in [0.717, 1.165) is 42.9 Å². The van der Waals surface area contributed by atoms with Crippen LogP contribution in [-0.4, -0.2) is 44.6 Å². The number of nitrogens with one attached hydrogen (secondary N) is 4. The number of nitrogens with zero attached hydrogens (tertiary/aromatic N) is 4. The molecule has 2 aliphatic rings. The van der Waals surface area contributed by atoms with Gasteiger partial charge in [0, 0.05) is 36.2 Å². The highest BCUT2D eigenvalue weighted by atomic mass is 16.2. The molecule has 9 heteroatoms. The lowest BCUT2D eigenvalue weighted by Gasteiger charge is -2.24. The highest BCUT2D eigenvalue weighted by Gasteiger charge is 2.38. The van der Waals surface area contributed by atoms with Gasteiger partial charge in [0.1, 0.15) is 0 Å². The van der Waals surface area contributed by atoms with Crippen LogP contribution in [0.3, 0.4) is 0 Å². The molecule has 150 valence electrons. The van der Waals surface area contributed by atoms with E-state index in [1.54, 1.807) is 10.7 Å². The van der Waals surface area contributed by atoms with E-state index in [9.17, 15) is 4.79 Å². The molecule has 4 heterocycles. The van der Waals surface area contributed by atoms with Crippen molar-refractivity contribution in [2.75, 3.05) is 29.0 Å². The number of amides is 1. The molecule has 0 saturated carbocycles. The number of hydrogen-bond donors (Lipinski definition) is 4. The van der Waals surface area contributed by atoms with E-state index >= 15 is 0 Å². The summed E-state index contributed by atoms with van der Waals surface area (Å²) in [5.41, 5.74) is 2.83. The monoisotopic (exact) mass is 392 g/mol. The second-order valence-corrected chi connectivity index (χ2v) is 8.13. The Morgan fingerprint density at radius 2 is 2.17 bits per heavy atom. The van der Waals surface area contributed by atoms with Gasteiger partial charge in [0.15, 0.2) is 5.65 Å². The maximum Gasteiger partial charge on any atom is 0.247 e. The van der Waals surface area contributed by atoms with Gasteiger partial charge < -0.3 is 21.3 Å². The molecular weight excluding hydrogens is 368 g/mol. The van der Waals surface area contributed by atoms with Crippen molar-refractivity contribution in [3.63, 3.8) is 0 Å². The second-order valence-electron chi connectivity index (χ2n) is 8.13. The van der Waals surface area contributed by atoms with Crippen molar-refractivity contribution < 1.29 is 4.79 Å². The van der Waals surface area contributed by atoms with Crippen molar-refractivity contribution >= 4 is 34.8 Å². The highest BCUT2D eigenvalue weighted by Crippen LogP contribution is 2.38. The van der Waals surface area contributed by atoms with Gasteiger partial charge in [-0.05, 0) is 50.9 Å². The number of hydrogen-bond acceptors (Lipinski definition) is 7. The summed E-state index contributed by atoms with van der Waals surface area (Å²) in [6.45, 7) is 5.82. The smallest absolute Gasteiger partial charge is 0.247 e. The summed E-state index contributed by atoms with van der Waals surface area (Å²) in [4.78, 5) is 21.2. The van der Waals surface area contributed by atoms with Crippen LogP contribution in [0.25, 0.3) is 5.65 Å². The van der Waals surface area contributed by atoms with Crippen LogP contribution in [0.4, 0.5) is 23.3 Å². The summed E-state index contributed by atoms with van der Waals surface area (Å²) in [7, 11) is 0. The molecule has 5 rings (SSSR count). The van der Waals surface area contributed by atoms with Gasteiger partial charge in [-0.2, -0.15) is 9.50 Å². The fourth-order valence-electron chi connectivity index (χ4n) is 3.93. The minimum absolute atomic E-state index is 0.00879. The van der Waals surface area contributed by atoms with E-state index in [1.807, 2.05) is 38.1 Å². The van der Waals surface area contributed by atoms with Crippen molar-refractivity contribution in [2.24, 2.45) is 0 Å². The van der Waals surface area contributed by atoms with E-state index in [1.165, 1.54) is 0 Å². The van der Waals surface area contributed by atoms with Crippen molar-refractivity contribution in [2.45, 2.75) is 38.1 Å². The van der Waals surface area contributed by atoms with Crippen molar-refractivity contribution in [3.8, 4) is 0 Å². The van der Waals surface area contributed by atoms with Gasteiger partial charge in [0.25, 0.3) is 0 Å². The molecule has 9 nitrogen and oxygen atoms in total. The molecule has 2 aromatic heterocycles. The fraction of sp³-hybridized carbons (Fsp3) is 0.400. The minimum atomic E-state index is -0.518. The molecule has 29 heavy (non-hydrogen) atoms. The zero-order valence-electron chi connectivity index (χ0n) is 16.5.